The van der Waals surface area contributed by atoms with Crippen LogP contribution in [0, 0.1) is 19.7 Å². The lowest BCUT2D eigenvalue weighted by atomic mass is 10.1. The van der Waals surface area contributed by atoms with Crippen molar-refractivity contribution in [2.24, 2.45) is 0 Å². The number of anilines is 2. The number of carbonyl (C=O) groups is 1. The van der Waals surface area contributed by atoms with Crippen molar-refractivity contribution >= 4 is 17.5 Å². The van der Waals surface area contributed by atoms with Gasteiger partial charge in [0.2, 0.25) is 5.95 Å². The molecule has 3 rings (SSSR count). The number of carbonyl (C=O) groups excluding carboxylic acids is 1. The SMILES string of the molecule is Cc1ccc(C)c(Nc2ncc(C(=O)NCc3ccc(F)cc3)cn2)c1. The molecular weight excluding hydrogens is 331 g/mol. The zero-order valence-corrected chi connectivity index (χ0v) is 14.6. The van der Waals surface area contributed by atoms with E-state index in [0.29, 0.717) is 18.1 Å². The number of benzene rings is 2. The fraction of sp³-hybridized carbons (Fsp3) is 0.150. The van der Waals surface area contributed by atoms with Gasteiger partial charge in [0, 0.05) is 24.6 Å². The first-order chi connectivity index (χ1) is 12.5. The summed E-state index contributed by atoms with van der Waals surface area (Å²) < 4.78 is 12.9. The lowest BCUT2D eigenvalue weighted by Crippen LogP contribution is -2.23. The lowest BCUT2D eigenvalue weighted by Gasteiger charge is -2.09. The Morgan fingerprint density at radius 1 is 1.04 bits per heavy atom. The van der Waals surface area contributed by atoms with Crippen molar-refractivity contribution in [2.45, 2.75) is 20.4 Å². The van der Waals surface area contributed by atoms with Gasteiger partial charge in [-0.15, -0.1) is 0 Å². The maximum atomic E-state index is 12.9. The van der Waals surface area contributed by atoms with Gasteiger partial charge in [0.05, 0.1) is 5.56 Å². The summed E-state index contributed by atoms with van der Waals surface area (Å²) in [5.41, 5.74) is 4.32. The van der Waals surface area contributed by atoms with E-state index >= 15 is 0 Å². The van der Waals surface area contributed by atoms with Crippen molar-refractivity contribution < 1.29 is 9.18 Å². The Morgan fingerprint density at radius 3 is 2.42 bits per heavy atom. The van der Waals surface area contributed by atoms with E-state index in [1.807, 2.05) is 32.0 Å². The number of aryl methyl sites for hydroxylation is 2. The van der Waals surface area contributed by atoms with E-state index in [1.54, 1.807) is 12.1 Å². The van der Waals surface area contributed by atoms with Gasteiger partial charge >= 0.3 is 0 Å². The van der Waals surface area contributed by atoms with E-state index in [0.717, 1.165) is 22.4 Å². The second-order valence-corrected chi connectivity index (χ2v) is 6.05. The smallest absolute Gasteiger partial charge is 0.254 e. The van der Waals surface area contributed by atoms with Crippen LogP contribution in [-0.4, -0.2) is 15.9 Å². The van der Waals surface area contributed by atoms with Gasteiger partial charge in [0.15, 0.2) is 0 Å². The third-order valence-electron chi connectivity index (χ3n) is 3.92. The molecule has 5 nitrogen and oxygen atoms in total. The van der Waals surface area contributed by atoms with E-state index in [1.165, 1.54) is 24.5 Å². The van der Waals surface area contributed by atoms with Crippen LogP contribution in [0.25, 0.3) is 0 Å². The molecule has 6 heteroatoms. The highest BCUT2D eigenvalue weighted by Crippen LogP contribution is 2.19. The van der Waals surface area contributed by atoms with Gasteiger partial charge in [-0.2, -0.15) is 0 Å². The Morgan fingerprint density at radius 2 is 1.73 bits per heavy atom. The first kappa shape index (κ1) is 17.5. The Bertz CT molecular complexity index is 908. The molecule has 2 N–H and O–H groups in total. The van der Waals surface area contributed by atoms with Gasteiger partial charge in [0.1, 0.15) is 5.82 Å². The first-order valence-corrected chi connectivity index (χ1v) is 8.20. The normalized spacial score (nSPS) is 10.4. The second kappa shape index (κ2) is 7.74. The van der Waals surface area contributed by atoms with Crippen LogP contribution in [0.4, 0.5) is 16.0 Å². The predicted molar refractivity (Wildman–Crippen MR) is 98.8 cm³/mol. The minimum atomic E-state index is -0.305. The molecule has 2 aromatic carbocycles. The zero-order valence-electron chi connectivity index (χ0n) is 14.6. The Balaban J connectivity index is 1.62. The standard InChI is InChI=1S/C20H19FN4O/c1-13-3-4-14(2)18(9-13)25-20-23-11-16(12-24-20)19(26)22-10-15-5-7-17(21)8-6-15/h3-9,11-12H,10H2,1-2H3,(H,22,26)(H,23,24,25). The average Bonchev–Trinajstić information content (AvgIpc) is 2.64. The lowest BCUT2D eigenvalue weighted by molar-refractivity contribution is 0.0950. The zero-order chi connectivity index (χ0) is 18.5. The van der Waals surface area contributed by atoms with Crippen LogP contribution in [-0.2, 0) is 6.54 Å². The molecule has 0 fully saturated rings. The predicted octanol–water partition coefficient (Wildman–Crippen LogP) is 3.91. The molecule has 0 aliphatic heterocycles. The number of halogens is 1. The monoisotopic (exact) mass is 350 g/mol. The average molecular weight is 350 g/mol. The highest BCUT2D eigenvalue weighted by Gasteiger charge is 2.08. The molecule has 0 saturated heterocycles. The van der Waals surface area contributed by atoms with E-state index < -0.39 is 0 Å². The number of hydrogen-bond acceptors (Lipinski definition) is 4. The first-order valence-electron chi connectivity index (χ1n) is 8.20. The molecule has 1 heterocycles. The molecule has 3 aromatic rings. The van der Waals surface area contributed by atoms with Crippen molar-refractivity contribution in [3.63, 3.8) is 0 Å². The summed E-state index contributed by atoms with van der Waals surface area (Å²) in [6, 6.07) is 12.1. The molecule has 0 atom stereocenters. The fourth-order valence-corrected chi connectivity index (χ4v) is 2.39. The largest absolute Gasteiger partial charge is 0.348 e. The molecule has 0 unspecified atom stereocenters. The van der Waals surface area contributed by atoms with Crippen LogP contribution in [0.3, 0.4) is 0 Å². The number of nitrogens with zero attached hydrogens (tertiary/aromatic N) is 2. The van der Waals surface area contributed by atoms with Crippen LogP contribution in [0.2, 0.25) is 0 Å². The summed E-state index contributed by atoms with van der Waals surface area (Å²) in [4.78, 5) is 20.6. The molecule has 0 aliphatic rings. The number of amides is 1. The molecule has 0 spiro atoms. The van der Waals surface area contributed by atoms with Gasteiger partial charge in [-0.1, -0.05) is 24.3 Å². The molecule has 0 bridgehead atoms. The maximum absolute atomic E-state index is 12.9. The summed E-state index contributed by atoms with van der Waals surface area (Å²) in [6.07, 6.45) is 2.95. The Kier molecular flexibility index (Phi) is 5.22. The number of nitrogens with one attached hydrogen (secondary N) is 2. The van der Waals surface area contributed by atoms with Crippen molar-refractivity contribution in [3.05, 3.63) is 82.9 Å². The highest BCUT2D eigenvalue weighted by molar-refractivity contribution is 5.93. The van der Waals surface area contributed by atoms with Crippen molar-refractivity contribution in [2.75, 3.05) is 5.32 Å². The molecule has 132 valence electrons. The quantitative estimate of drug-likeness (QED) is 0.732. The third kappa shape index (κ3) is 4.42. The summed E-state index contributed by atoms with van der Waals surface area (Å²) in [7, 11) is 0. The highest BCUT2D eigenvalue weighted by atomic mass is 19.1. The van der Waals surface area contributed by atoms with Gasteiger partial charge < -0.3 is 10.6 Å². The summed E-state index contributed by atoms with van der Waals surface area (Å²) in [6.45, 7) is 4.32. The molecule has 26 heavy (non-hydrogen) atoms. The molecule has 0 saturated carbocycles. The molecule has 0 radical (unpaired) electrons. The van der Waals surface area contributed by atoms with Gasteiger partial charge in [-0.05, 0) is 48.7 Å². The van der Waals surface area contributed by atoms with E-state index in [9.17, 15) is 9.18 Å². The number of hydrogen-bond donors (Lipinski definition) is 2. The summed E-state index contributed by atoms with van der Waals surface area (Å²) in [5.74, 6) is -0.165. The summed E-state index contributed by atoms with van der Waals surface area (Å²) >= 11 is 0. The van der Waals surface area contributed by atoms with Crippen molar-refractivity contribution in [1.29, 1.82) is 0 Å². The molecular formula is C20H19FN4O. The maximum Gasteiger partial charge on any atom is 0.254 e. The van der Waals surface area contributed by atoms with E-state index in [-0.39, 0.29) is 11.7 Å². The van der Waals surface area contributed by atoms with Crippen molar-refractivity contribution in [3.8, 4) is 0 Å². The van der Waals surface area contributed by atoms with Gasteiger partial charge in [0.25, 0.3) is 5.91 Å². The van der Waals surface area contributed by atoms with Crippen LogP contribution < -0.4 is 10.6 Å². The van der Waals surface area contributed by atoms with Crippen molar-refractivity contribution in [1.82, 2.24) is 15.3 Å². The van der Waals surface area contributed by atoms with Crippen LogP contribution in [0.15, 0.2) is 54.9 Å². The van der Waals surface area contributed by atoms with E-state index in [2.05, 4.69) is 20.6 Å². The van der Waals surface area contributed by atoms with Crippen LogP contribution in [0.5, 0.6) is 0 Å². The van der Waals surface area contributed by atoms with Crippen LogP contribution >= 0.6 is 0 Å². The number of aromatic nitrogens is 2. The van der Waals surface area contributed by atoms with Gasteiger partial charge in [-0.25, -0.2) is 14.4 Å². The molecule has 0 aliphatic carbocycles. The molecule has 1 aromatic heterocycles. The minimum absolute atomic E-state index is 0.285. The summed E-state index contributed by atoms with van der Waals surface area (Å²) in [5, 5.41) is 5.91. The fourth-order valence-electron chi connectivity index (χ4n) is 2.39. The third-order valence-corrected chi connectivity index (χ3v) is 3.92. The van der Waals surface area contributed by atoms with Gasteiger partial charge in [-0.3, -0.25) is 4.79 Å². The van der Waals surface area contributed by atoms with E-state index in [4.69, 9.17) is 0 Å². The Hall–Kier alpha value is -3.28. The Labute approximate surface area is 151 Å². The minimum Gasteiger partial charge on any atom is -0.348 e. The molecule has 1 amide bonds. The van der Waals surface area contributed by atoms with Crippen LogP contribution in [0.1, 0.15) is 27.0 Å². The number of rotatable bonds is 5. The topological polar surface area (TPSA) is 66.9 Å². The second-order valence-electron chi connectivity index (χ2n) is 6.05.